The SMILES string of the molecule is c1ccc(N(c2ccccc2)c2ccc(-c3ccc(-c4ccc5ccc6cccc7oc4c5c67)cc3)cc2)cc1. The third kappa shape index (κ3) is 3.65. The Bertz CT molecular complexity index is 2030. The number of furan rings is 1. The van der Waals surface area contributed by atoms with Crippen LogP contribution in [0.3, 0.4) is 0 Å². The summed E-state index contributed by atoms with van der Waals surface area (Å²) in [6.45, 7) is 0. The van der Waals surface area contributed by atoms with E-state index in [0.29, 0.717) is 0 Å². The molecule has 0 N–H and O–H groups in total. The van der Waals surface area contributed by atoms with E-state index in [1.54, 1.807) is 0 Å². The maximum Gasteiger partial charge on any atom is 0.143 e. The Hall–Kier alpha value is -5.34. The van der Waals surface area contributed by atoms with E-state index >= 15 is 0 Å². The minimum absolute atomic E-state index is 0.947. The van der Waals surface area contributed by atoms with Crippen LogP contribution in [0.1, 0.15) is 0 Å². The van der Waals surface area contributed by atoms with E-state index < -0.39 is 0 Å². The zero-order valence-electron chi connectivity index (χ0n) is 21.8. The Labute approximate surface area is 232 Å². The van der Waals surface area contributed by atoms with Crippen LogP contribution in [0.25, 0.3) is 55.0 Å². The van der Waals surface area contributed by atoms with E-state index in [1.807, 2.05) is 0 Å². The number of nitrogens with zero attached hydrogens (tertiary/aromatic N) is 1. The van der Waals surface area contributed by atoms with Crippen LogP contribution in [-0.4, -0.2) is 0 Å². The number of para-hydroxylation sites is 2. The van der Waals surface area contributed by atoms with Crippen molar-refractivity contribution < 1.29 is 4.42 Å². The van der Waals surface area contributed by atoms with E-state index in [9.17, 15) is 0 Å². The Balaban J connectivity index is 1.14. The first kappa shape index (κ1) is 22.6. The Morgan fingerprint density at radius 3 is 1.55 bits per heavy atom. The Morgan fingerprint density at radius 2 is 0.900 bits per heavy atom. The van der Waals surface area contributed by atoms with E-state index in [4.69, 9.17) is 4.42 Å². The molecule has 8 rings (SSSR count). The number of rotatable bonds is 5. The first-order chi connectivity index (χ1) is 19.8. The van der Waals surface area contributed by atoms with Gasteiger partial charge in [-0.25, -0.2) is 0 Å². The monoisotopic (exact) mass is 511 g/mol. The molecule has 40 heavy (non-hydrogen) atoms. The molecule has 2 nitrogen and oxygen atoms in total. The first-order valence-corrected chi connectivity index (χ1v) is 13.6. The van der Waals surface area contributed by atoms with Crippen molar-refractivity contribution in [2.45, 2.75) is 0 Å². The molecule has 2 heteroatoms. The van der Waals surface area contributed by atoms with Gasteiger partial charge in [-0.3, -0.25) is 0 Å². The highest BCUT2D eigenvalue weighted by Gasteiger charge is 2.17. The summed E-state index contributed by atoms with van der Waals surface area (Å²) in [6, 6.07) is 53.6. The van der Waals surface area contributed by atoms with Crippen LogP contribution >= 0.6 is 0 Å². The van der Waals surface area contributed by atoms with Gasteiger partial charge >= 0.3 is 0 Å². The number of hydrogen-bond donors (Lipinski definition) is 0. The van der Waals surface area contributed by atoms with Crippen molar-refractivity contribution in [3.8, 4) is 22.3 Å². The fourth-order valence-electron chi connectivity index (χ4n) is 5.90. The predicted octanol–water partition coefficient (Wildman–Crippen LogP) is 11.0. The predicted molar refractivity (Wildman–Crippen MR) is 168 cm³/mol. The lowest BCUT2D eigenvalue weighted by Gasteiger charge is -2.25. The molecule has 0 saturated carbocycles. The van der Waals surface area contributed by atoms with Gasteiger partial charge in [0, 0.05) is 33.4 Å². The molecule has 0 radical (unpaired) electrons. The summed E-state index contributed by atoms with van der Waals surface area (Å²) in [5.41, 5.74) is 9.95. The van der Waals surface area contributed by atoms with Gasteiger partial charge in [-0.1, -0.05) is 103 Å². The van der Waals surface area contributed by atoms with Gasteiger partial charge in [-0.05, 0) is 76.0 Å². The molecule has 0 aliphatic carbocycles. The second-order valence-corrected chi connectivity index (χ2v) is 10.2. The molecule has 0 bridgehead atoms. The second kappa shape index (κ2) is 9.14. The fraction of sp³-hybridized carbons (Fsp3) is 0. The van der Waals surface area contributed by atoms with Crippen LogP contribution < -0.4 is 4.90 Å². The van der Waals surface area contributed by atoms with Gasteiger partial charge in [0.2, 0.25) is 0 Å². The summed E-state index contributed by atoms with van der Waals surface area (Å²) in [6.07, 6.45) is 0. The first-order valence-electron chi connectivity index (χ1n) is 13.6. The molecule has 0 spiro atoms. The van der Waals surface area contributed by atoms with Crippen molar-refractivity contribution in [3.05, 3.63) is 152 Å². The number of benzene rings is 7. The van der Waals surface area contributed by atoms with Crippen molar-refractivity contribution in [1.29, 1.82) is 0 Å². The average molecular weight is 512 g/mol. The van der Waals surface area contributed by atoms with Crippen LogP contribution in [0, 0.1) is 0 Å². The Kier molecular flexibility index (Phi) is 5.17. The zero-order valence-corrected chi connectivity index (χ0v) is 21.8. The maximum absolute atomic E-state index is 6.42. The van der Waals surface area contributed by atoms with Crippen molar-refractivity contribution in [3.63, 3.8) is 0 Å². The highest BCUT2D eigenvalue weighted by molar-refractivity contribution is 6.24. The van der Waals surface area contributed by atoms with E-state index in [-0.39, 0.29) is 0 Å². The van der Waals surface area contributed by atoms with E-state index in [2.05, 4.69) is 157 Å². The van der Waals surface area contributed by atoms with E-state index in [0.717, 1.165) is 39.4 Å². The summed E-state index contributed by atoms with van der Waals surface area (Å²) in [5, 5.41) is 4.87. The Morgan fingerprint density at radius 1 is 0.375 bits per heavy atom. The maximum atomic E-state index is 6.42. The van der Waals surface area contributed by atoms with Crippen LogP contribution in [0.15, 0.2) is 156 Å². The van der Waals surface area contributed by atoms with Crippen LogP contribution in [0.2, 0.25) is 0 Å². The standard InChI is InChI=1S/C38H25NO/c1-3-9-31(10-4-1)39(32-11-5-2-6-12-32)33-23-20-27(21-24-33)26-14-16-28(17-15-26)34-25-22-30-19-18-29-8-7-13-35-36(29)37(30)38(34)40-35/h1-25H. The minimum atomic E-state index is 0.947. The fourth-order valence-corrected chi connectivity index (χ4v) is 5.90. The normalized spacial score (nSPS) is 11.5. The summed E-state index contributed by atoms with van der Waals surface area (Å²) in [5.74, 6) is 0. The second-order valence-electron chi connectivity index (χ2n) is 10.2. The lowest BCUT2D eigenvalue weighted by molar-refractivity contribution is 0.670. The van der Waals surface area contributed by atoms with Crippen LogP contribution in [-0.2, 0) is 0 Å². The smallest absolute Gasteiger partial charge is 0.143 e. The molecule has 0 saturated heterocycles. The highest BCUT2D eigenvalue weighted by Crippen LogP contribution is 2.42. The molecule has 1 heterocycles. The molecule has 8 aromatic rings. The van der Waals surface area contributed by atoms with Crippen molar-refractivity contribution in [2.75, 3.05) is 4.90 Å². The zero-order chi connectivity index (χ0) is 26.5. The summed E-state index contributed by atoms with van der Waals surface area (Å²) in [4.78, 5) is 2.28. The lowest BCUT2D eigenvalue weighted by Crippen LogP contribution is -2.09. The lowest BCUT2D eigenvalue weighted by atomic mass is 9.95. The average Bonchev–Trinajstić information content (AvgIpc) is 3.43. The third-order valence-corrected chi connectivity index (χ3v) is 7.84. The molecule has 7 aromatic carbocycles. The minimum Gasteiger partial charge on any atom is -0.455 e. The summed E-state index contributed by atoms with van der Waals surface area (Å²) in [7, 11) is 0. The van der Waals surface area contributed by atoms with Crippen molar-refractivity contribution in [1.82, 2.24) is 0 Å². The van der Waals surface area contributed by atoms with Gasteiger partial charge in [0.25, 0.3) is 0 Å². The van der Waals surface area contributed by atoms with Gasteiger partial charge < -0.3 is 9.32 Å². The quantitative estimate of drug-likeness (QED) is 0.214. The molecule has 0 fully saturated rings. The molecule has 0 aliphatic rings. The molecule has 188 valence electrons. The van der Waals surface area contributed by atoms with Crippen LogP contribution in [0.4, 0.5) is 17.1 Å². The van der Waals surface area contributed by atoms with Gasteiger partial charge in [0.15, 0.2) is 0 Å². The molecular weight excluding hydrogens is 486 g/mol. The third-order valence-electron chi connectivity index (χ3n) is 7.84. The summed E-state index contributed by atoms with van der Waals surface area (Å²) < 4.78 is 6.42. The summed E-state index contributed by atoms with van der Waals surface area (Å²) >= 11 is 0. The van der Waals surface area contributed by atoms with Crippen molar-refractivity contribution >= 4 is 49.8 Å². The van der Waals surface area contributed by atoms with E-state index in [1.165, 1.54) is 32.7 Å². The van der Waals surface area contributed by atoms with Gasteiger partial charge in [-0.15, -0.1) is 0 Å². The topological polar surface area (TPSA) is 16.4 Å². The largest absolute Gasteiger partial charge is 0.455 e. The molecule has 0 amide bonds. The number of anilines is 3. The van der Waals surface area contributed by atoms with Gasteiger partial charge in [-0.2, -0.15) is 0 Å². The van der Waals surface area contributed by atoms with Gasteiger partial charge in [0.05, 0.1) is 0 Å². The molecule has 0 aliphatic heterocycles. The molecule has 0 unspecified atom stereocenters. The molecular formula is C38H25NO. The molecule has 0 atom stereocenters. The number of hydrogen-bond acceptors (Lipinski definition) is 2. The van der Waals surface area contributed by atoms with Crippen LogP contribution in [0.5, 0.6) is 0 Å². The highest BCUT2D eigenvalue weighted by atomic mass is 16.3. The molecule has 1 aromatic heterocycles. The van der Waals surface area contributed by atoms with Crippen molar-refractivity contribution in [2.24, 2.45) is 0 Å². The van der Waals surface area contributed by atoms with Gasteiger partial charge in [0.1, 0.15) is 11.2 Å².